The SMILES string of the molecule is O=c1cc(-c2ccccc2)oc2cc(OCCOCCn3cc(CN(Cc4cn(CCOCCOc5ccc6oc(-c7ccccc7)cc(=O)c6c5)nn4)Cc4cn(CCOCCOc5ccc6oc(-c7ccccc7)cc(=O)c6c5)nn4)nn3)ccc12. The zero-order chi connectivity index (χ0) is 59.9. The third-order valence-electron chi connectivity index (χ3n) is 14.1. The smallest absolute Gasteiger partial charge is 0.193 e. The Morgan fingerprint density at radius 1 is 0.352 bits per heavy atom. The Balaban J connectivity index is 0.611. The molecule has 22 heteroatoms. The molecule has 6 aromatic carbocycles. The Labute approximate surface area is 502 Å². The van der Waals surface area contributed by atoms with Gasteiger partial charge in [0.2, 0.25) is 0 Å². The van der Waals surface area contributed by atoms with E-state index >= 15 is 0 Å². The summed E-state index contributed by atoms with van der Waals surface area (Å²) in [5.74, 6) is 3.14. The normalized spacial score (nSPS) is 11.6. The van der Waals surface area contributed by atoms with Crippen LogP contribution in [0.2, 0.25) is 0 Å². The van der Waals surface area contributed by atoms with Crippen LogP contribution >= 0.6 is 0 Å². The molecule has 6 heterocycles. The predicted octanol–water partition coefficient (Wildman–Crippen LogP) is 9.27. The Morgan fingerprint density at radius 3 is 1.10 bits per heavy atom. The summed E-state index contributed by atoms with van der Waals surface area (Å²) in [7, 11) is 0. The van der Waals surface area contributed by atoms with Crippen LogP contribution in [-0.4, -0.2) is 109 Å². The summed E-state index contributed by atoms with van der Waals surface area (Å²) in [6.45, 7) is 5.47. The van der Waals surface area contributed by atoms with E-state index in [1.807, 2.05) is 110 Å². The van der Waals surface area contributed by atoms with Crippen molar-refractivity contribution >= 4 is 32.9 Å². The molecule has 0 saturated heterocycles. The number of fused-ring (bicyclic) bond motifs is 3. The molecule has 88 heavy (non-hydrogen) atoms. The van der Waals surface area contributed by atoms with Gasteiger partial charge in [-0.15, -0.1) is 15.3 Å². The van der Waals surface area contributed by atoms with E-state index in [1.54, 1.807) is 68.6 Å². The van der Waals surface area contributed by atoms with Crippen LogP contribution in [-0.2, 0) is 53.5 Å². The van der Waals surface area contributed by atoms with E-state index in [4.69, 9.17) is 41.7 Å². The van der Waals surface area contributed by atoms with Crippen molar-refractivity contribution in [2.45, 2.75) is 39.3 Å². The minimum atomic E-state index is -0.152. The maximum Gasteiger partial charge on any atom is 0.193 e. The first kappa shape index (κ1) is 58.0. The number of hydrogen-bond acceptors (Lipinski definition) is 19. The first-order chi connectivity index (χ1) is 43.3. The zero-order valence-corrected chi connectivity index (χ0v) is 47.8. The van der Waals surface area contributed by atoms with E-state index in [1.165, 1.54) is 18.2 Å². The molecule has 0 aliphatic heterocycles. The van der Waals surface area contributed by atoms with Crippen LogP contribution in [0.5, 0.6) is 17.2 Å². The molecule has 0 fully saturated rings. The van der Waals surface area contributed by atoms with Gasteiger partial charge in [0.05, 0.1) is 92.5 Å². The van der Waals surface area contributed by atoms with Crippen molar-refractivity contribution in [3.8, 4) is 51.2 Å². The van der Waals surface area contributed by atoms with Gasteiger partial charge in [-0.05, 0) is 48.5 Å². The first-order valence-electron chi connectivity index (χ1n) is 28.7. The van der Waals surface area contributed by atoms with Gasteiger partial charge in [0.15, 0.2) is 16.3 Å². The van der Waals surface area contributed by atoms with Crippen LogP contribution in [0.15, 0.2) is 210 Å². The highest BCUT2D eigenvalue weighted by Gasteiger charge is 2.17. The maximum absolute atomic E-state index is 13.0. The van der Waals surface area contributed by atoms with Crippen LogP contribution in [0, 0.1) is 0 Å². The summed E-state index contributed by atoms with van der Waals surface area (Å²) in [5, 5.41) is 27.9. The molecule has 0 bridgehead atoms. The van der Waals surface area contributed by atoms with Gasteiger partial charge >= 0.3 is 0 Å². The van der Waals surface area contributed by atoms with E-state index in [0.717, 1.165) is 33.8 Å². The molecule has 0 spiro atoms. The second kappa shape index (κ2) is 28.2. The van der Waals surface area contributed by atoms with Crippen LogP contribution in [0.4, 0.5) is 0 Å². The highest BCUT2D eigenvalue weighted by molar-refractivity contribution is 5.82. The quantitative estimate of drug-likeness (QED) is 0.0381. The van der Waals surface area contributed by atoms with Crippen molar-refractivity contribution < 1.29 is 41.7 Å². The van der Waals surface area contributed by atoms with Crippen LogP contribution < -0.4 is 30.5 Å². The lowest BCUT2D eigenvalue weighted by molar-refractivity contribution is 0.0923. The molecule has 12 rings (SSSR count). The van der Waals surface area contributed by atoms with E-state index in [9.17, 15) is 14.4 Å². The summed E-state index contributed by atoms with van der Waals surface area (Å²) in [6.07, 6.45) is 5.64. The number of nitrogens with zero attached hydrogens (tertiary/aromatic N) is 10. The summed E-state index contributed by atoms with van der Waals surface area (Å²) >= 11 is 0. The third-order valence-corrected chi connectivity index (χ3v) is 14.1. The predicted molar refractivity (Wildman–Crippen MR) is 326 cm³/mol. The van der Waals surface area contributed by atoms with E-state index in [0.29, 0.717) is 146 Å². The van der Waals surface area contributed by atoms with Gasteiger partial charge in [-0.25, -0.2) is 14.0 Å². The average Bonchev–Trinajstić information content (AvgIpc) is 2.80. The standard InChI is InChI=1S/C66H60N10O12/c77-58-37-65(48-14-8-3-9-15-48)88-66-36-54(16-19-55(58)66)85-33-30-82-27-24-76-45-51(69-72-76)42-73(40-49-43-74(70-67-49)22-25-80-28-31-83-52-17-20-61-56(34-52)59(78)38-63(86-61)46-10-4-1-5-11-46)41-50-44-75(71-68-50)23-26-81-29-32-84-53-18-21-62-57(35-53)60(79)39-64(87-62)47-12-6-2-7-13-47/h1-21,34-39,43-45H,22-33,40-42H2. The number of ether oxygens (including phenoxy) is 6. The summed E-state index contributed by atoms with van der Waals surface area (Å²) < 4.78 is 58.8. The van der Waals surface area contributed by atoms with Crippen LogP contribution in [0.1, 0.15) is 17.1 Å². The second-order valence-electron chi connectivity index (χ2n) is 20.4. The topological polar surface area (TPSA) is 241 Å². The first-order valence-corrected chi connectivity index (χ1v) is 28.7. The fourth-order valence-corrected chi connectivity index (χ4v) is 9.76. The molecule has 0 unspecified atom stereocenters. The van der Waals surface area contributed by atoms with Gasteiger partial charge in [0, 0.05) is 79.2 Å². The highest BCUT2D eigenvalue weighted by atomic mass is 16.5. The Hall–Kier alpha value is -10.4. The molecule has 12 aromatic rings. The van der Waals surface area contributed by atoms with E-state index < -0.39 is 0 Å². The monoisotopic (exact) mass is 1180 g/mol. The molecule has 446 valence electrons. The molecule has 0 aliphatic rings. The van der Waals surface area contributed by atoms with Crippen LogP contribution in [0.3, 0.4) is 0 Å². The highest BCUT2D eigenvalue weighted by Crippen LogP contribution is 2.28. The van der Waals surface area contributed by atoms with Crippen molar-refractivity contribution in [3.05, 3.63) is 230 Å². The lowest BCUT2D eigenvalue weighted by Gasteiger charge is -2.18. The van der Waals surface area contributed by atoms with Gasteiger partial charge in [0.1, 0.15) is 71.1 Å². The van der Waals surface area contributed by atoms with Gasteiger partial charge in [-0.2, -0.15) is 0 Å². The molecule has 22 nitrogen and oxygen atoms in total. The van der Waals surface area contributed by atoms with Crippen molar-refractivity contribution in [2.75, 3.05) is 59.5 Å². The molecule has 6 aromatic heterocycles. The van der Waals surface area contributed by atoms with Gasteiger partial charge < -0.3 is 41.7 Å². The molecular formula is C66H60N10O12. The Kier molecular flexibility index (Phi) is 18.6. The van der Waals surface area contributed by atoms with Crippen molar-refractivity contribution in [3.63, 3.8) is 0 Å². The molecule has 0 aliphatic carbocycles. The minimum absolute atomic E-state index is 0.126. The van der Waals surface area contributed by atoms with E-state index in [2.05, 4.69) is 35.8 Å². The number of benzene rings is 6. The van der Waals surface area contributed by atoms with Crippen molar-refractivity contribution in [1.82, 2.24) is 49.9 Å². The zero-order valence-electron chi connectivity index (χ0n) is 47.8. The molecule has 0 atom stereocenters. The minimum Gasteiger partial charge on any atom is -0.491 e. The number of aromatic nitrogens is 9. The molecule has 0 saturated carbocycles. The average molecular weight is 1190 g/mol. The lowest BCUT2D eigenvalue weighted by atomic mass is 10.1. The third kappa shape index (κ3) is 15.2. The summed E-state index contributed by atoms with van der Waals surface area (Å²) in [5.41, 5.74) is 5.61. The summed E-state index contributed by atoms with van der Waals surface area (Å²) in [6, 6.07) is 48.5. The van der Waals surface area contributed by atoms with E-state index in [-0.39, 0.29) is 36.1 Å². The second-order valence-corrected chi connectivity index (χ2v) is 20.4. The van der Waals surface area contributed by atoms with Gasteiger partial charge in [0.25, 0.3) is 0 Å². The van der Waals surface area contributed by atoms with Gasteiger partial charge in [-0.1, -0.05) is 107 Å². The van der Waals surface area contributed by atoms with Crippen molar-refractivity contribution in [2.24, 2.45) is 0 Å². The number of rotatable bonds is 30. The number of hydrogen-bond donors (Lipinski definition) is 0. The maximum atomic E-state index is 13.0. The molecule has 0 radical (unpaired) electrons. The molecule has 0 amide bonds. The van der Waals surface area contributed by atoms with Crippen molar-refractivity contribution in [1.29, 1.82) is 0 Å². The fourth-order valence-electron chi connectivity index (χ4n) is 9.76. The Morgan fingerprint density at radius 2 is 0.705 bits per heavy atom. The van der Waals surface area contributed by atoms with Crippen LogP contribution in [0.25, 0.3) is 66.9 Å². The summed E-state index contributed by atoms with van der Waals surface area (Å²) in [4.78, 5) is 40.9. The Bertz CT molecular complexity index is 4260. The molecular weight excluding hydrogens is 1120 g/mol. The lowest BCUT2D eigenvalue weighted by Crippen LogP contribution is -2.23. The molecule has 0 N–H and O–H groups in total. The fraction of sp³-hybridized carbons (Fsp3) is 0.227. The van der Waals surface area contributed by atoms with Gasteiger partial charge in [-0.3, -0.25) is 19.3 Å². The largest absolute Gasteiger partial charge is 0.491 e.